The van der Waals surface area contributed by atoms with Gasteiger partial charge in [0.05, 0.1) is 17.1 Å². The molecule has 0 spiro atoms. The molecule has 0 bridgehead atoms. The third-order valence-electron chi connectivity index (χ3n) is 5.63. The van der Waals surface area contributed by atoms with Crippen LogP contribution in [0.3, 0.4) is 0 Å². The summed E-state index contributed by atoms with van der Waals surface area (Å²) in [5.74, 6) is -0.875. The Hall–Kier alpha value is -3.19. The van der Waals surface area contributed by atoms with Gasteiger partial charge in [0, 0.05) is 35.1 Å². The van der Waals surface area contributed by atoms with Gasteiger partial charge in [0.25, 0.3) is 0 Å². The molecule has 7 nitrogen and oxygen atoms in total. The highest BCUT2D eigenvalue weighted by molar-refractivity contribution is 6.33. The maximum atomic E-state index is 12.8. The number of nitrogens with two attached hydrogens (primary N) is 1. The number of hydrogen-bond acceptors (Lipinski definition) is 4. The zero-order valence-corrected chi connectivity index (χ0v) is 18.4. The molecule has 0 saturated heterocycles. The second-order valence-corrected chi connectivity index (χ2v) is 9.16. The van der Waals surface area contributed by atoms with Gasteiger partial charge in [-0.15, -0.1) is 0 Å². The van der Waals surface area contributed by atoms with Crippen molar-refractivity contribution in [2.75, 3.05) is 5.32 Å². The number of hydrogen-bond donors (Lipinski definition) is 2. The fourth-order valence-corrected chi connectivity index (χ4v) is 4.14. The average molecular weight is 438 g/mol. The van der Waals surface area contributed by atoms with Crippen LogP contribution in [0.5, 0.6) is 0 Å². The molecule has 0 aliphatic carbocycles. The van der Waals surface area contributed by atoms with Crippen molar-refractivity contribution in [3.63, 3.8) is 0 Å². The van der Waals surface area contributed by atoms with Crippen LogP contribution in [-0.4, -0.2) is 26.6 Å². The van der Waals surface area contributed by atoms with Crippen molar-refractivity contribution >= 4 is 29.2 Å². The van der Waals surface area contributed by atoms with Crippen LogP contribution in [0, 0.1) is 5.41 Å². The summed E-state index contributed by atoms with van der Waals surface area (Å²) >= 11 is 6.45. The summed E-state index contributed by atoms with van der Waals surface area (Å²) in [5, 5.41) is 7.85. The van der Waals surface area contributed by atoms with Crippen molar-refractivity contribution < 1.29 is 9.59 Å². The number of rotatable bonds is 5. The molecule has 1 aliphatic heterocycles. The molecule has 0 unspecified atom stereocenters. The molecule has 8 heteroatoms. The largest absolute Gasteiger partial charge is 0.366 e. The normalized spacial score (nSPS) is 15.4. The number of nitrogens with zero attached hydrogens (tertiary/aromatic N) is 3. The molecule has 160 valence electrons. The summed E-state index contributed by atoms with van der Waals surface area (Å²) in [4.78, 5) is 28.5. The van der Waals surface area contributed by atoms with Gasteiger partial charge < -0.3 is 11.1 Å². The lowest BCUT2D eigenvalue weighted by Crippen LogP contribution is -2.20. The first-order valence-electron chi connectivity index (χ1n) is 10.1. The van der Waals surface area contributed by atoms with Crippen LogP contribution in [0.4, 0.5) is 5.82 Å². The van der Waals surface area contributed by atoms with E-state index in [-0.39, 0.29) is 11.3 Å². The molecule has 3 aromatic rings. The summed E-state index contributed by atoms with van der Waals surface area (Å²) in [7, 11) is 0. The highest BCUT2D eigenvalue weighted by atomic mass is 35.5. The lowest BCUT2D eigenvalue weighted by molar-refractivity contribution is -0.117. The maximum absolute atomic E-state index is 12.8. The third-order valence-corrected chi connectivity index (χ3v) is 5.93. The number of anilines is 1. The van der Waals surface area contributed by atoms with E-state index in [2.05, 4.69) is 29.2 Å². The molecule has 1 aliphatic rings. The Morgan fingerprint density at radius 1 is 1.23 bits per heavy atom. The predicted octanol–water partition coefficient (Wildman–Crippen LogP) is 4.02. The average Bonchev–Trinajstić information content (AvgIpc) is 3.23. The topological polar surface area (TPSA) is 103 Å². The Bertz CT molecular complexity index is 1180. The van der Waals surface area contributed by atoms with Gasteiger partial charge in [-0.25, -0.2) is 4.98 Å². The van der Waals surface area contributed by atoms with E-state index >= 15 is 0 Å². The zero-order valence-electron chi connectivity index (χ0n) is 17.6. The van der Waals surface area contributed by atoms with Crippen LogP contribution >= 0.6 is 11.6 Å². The lowest BCUT2D eigenvalue weighted by Gasteiger charge is -2.15. The van der Waals surface area contributed by atoms with Gasteiger partial charge in [0.15, 0.2) is 0 Å². The van der Waals surface area contributed by atoms with E-state index in [1.54, 1.807) is 37.3 Å². The third kappa shape index (κ3) is 4.18. The van der Waals surface area contributed by atoms with Crippen LogP contribution in [0.1, 0.15) is 48.3 Å². The number of halogens is 1. The monoisotopic (exact) mass is 437 g/mol. The molecule has 1 aromatic carbocycles. The SMILES string of the molecule is C[C@H](C(=O)Nc1cc(-c2cnn3c2CC(C)(C)C3)c(Cl)cn1)c1cccc(C(N)=O)c1. The van der Waals surface area contributed by atoms with Crippen molar-refractivity contribution in [1.82, 2.24) is 14.8 Å². The minimum Gasteiger partial charge on any atom is -0.366 e. The minimum atomic E-state index is -0.532. The molecule has 3 N–H and O–H groups in total. The number of aromatic nitrogens is 3. The predicted molar refractivity (Wildman–Crippen MR) is 120 cm³/mol. The van der Waals surface area contributed by atoms with Crippen molar-refractivity contribution in [2.45, 2.75) is 39.7 Å². The number of carbonyl (C=O) groups excluding carboxylic acids is 2. The molecule has 3 heterocycles. The number of amides is 2. The first-order valence-corrected chi connectivity index (χ1v) is 10.4. The number of benzene rings is 1. The summed E-state index contributed by atoms with van der Waals surface area (Å²) in [6.07, 6.45) is 4.25. The van der Waals surface area contributed by atoms with Crippen molar-refractivity contribution in [3.05, 3.63) is 64.6 Å². The first kappa shape index (κ1) is 21.1. The second-order valence-electron chi connectivity index (χ2n) is 8.75. The van der Waals surface area contributed by atoms with Crippen LogP contribution in [-0.2, 0) is 17.8 Å². The Kier molecular flexibility index (Phi) is 5.31. The molecule has 31 heavy (non-hydrogen) atoms. The van der Waals surface area contributed by atoms with Crippen molar-refractivity contribution in [1.29, 1.82) is 0 Å². The molecule has 2 aromatic heterocycles. The quantitative estimate of drug-likeness (QED) is 0.629. The van der Waals surface area contributed by atoms with E-state index in [1.807, 2.05) is 10.9 Å². The van der Waals surface area contributed by atoms with Crippen LogP contribution in [0.25, 0.3) is 11.1 Å². The van der Waals surface area contributed by atoms with Gasteiger partial charge in [0.2, 0.25) is 11.8 Å². The molecule has 0 saturated carbocycles. The highest BCUT2D eigenvalue weighted by Gasteiger charge is 2.32. The fourth-order valence-electron chi connectivity index (χ4n) is 3.93. The minimum absolute atomic E-state index is 0.143. The lowest BCUT2D eigenvalue weighted by atomic mass is 9.89. The van der Waals surface area contributed by atoms with Crippen LogP contribution < -0.4 is 11.1 Å². The Morgan fingerprint density at radius 3 is 2.74 bits per heavy atom. The first-order chi connectivity index (χ1) is 14.6. The van der Waals surface area contributed by atoms with Crippen molar-refractivity contribution in [2.24, 2.45) is 11.1 Å². The number of nitrogens with one attached hydrogen (secondary N) is 1. The number of primary amides is 1. The Labute approximate surface area is 185 Å². The number of carbonyl (C=O) groups is 2. The summed E-state index contributed by atoms with van der Waals surface area (Å²) in [6.45, 7) is 7.04. The van der Waals surface area contributed by atoms with Gasteiger partial charge >= 0.3 is 0 Å². The van der Waals surface area contributed by atoms with E-state index in [1.165, 1.54) is 6.20 Å². The standard InChI is InChI=1S/C23H24ClN5O2/c1-13(14-5-4-6-15(7-14)21(25)30)22(31)28-20-8-16(18(24)11-26-20)17-10-27-29-12-23(2,3)9-19(17)29/h4-8,10-11,13H,9,12H2,1-3H3,(H2,25,30)(H,26,28,31)/t13-/m0/s1. The van der Waals surface area contributed by atoms with E-state index in [0.29, 0.717) is 22.0 Å². The Balaban J connectivity index is 1.58. The van der Waals surface area contributed by atoms with E-state index in [9.17, 15) is 9.59 Å². The molecule has 1 atom stereocenters. The molecule has 0 radical (unpaired) electrons. The highest BCUT2D eigenvalue weighted by Crippen LogP contribution is 2.39. The van der Waals surface area contributed by atoms with Gasteiger partial charge in [-0.3, -0.25) is 14.3 Å². The molecule has 0 fully saturated rings. The number of pyridine rings is 1. The fraction of sp³-hybridized carbons (Fsp3) is 0.304. The van der Waals surface area contributed by atoms with E-state index in [0.717, 1.165) is 29.8 Å². The van der Waals surface area contributed by atoms with E-state index < -0.39 is 11.8 Å². The smallest absolute Gasteiger partial charge is 0.248 e. The molecule has 4 rings (SSSR count). The number of fused-ring (bicyclic) bond motifs is 1. The molecule has 2 amide bonds. The molecular weight excluding hydrogens is 414 g/mol. The molecular formula is C23H24ClN5O2. The summed E-state index contributed by atoms with van der Waals surface area (Å²) < 4.78 is 2.01. The van der Waals surface area contributed by atoms with Gasteiger partial charge in [-0.2, -0.15) is 5.10 Å². The second kappa shape index (κ2) is 7.81. The van der Waals surface area contributed by atoms with Crippen LogP contribution in [0.2, 0.25) is 5.02 Å². The van der Waals surface area contributed by atoms with Gasteiger partial charge in [-0.05, 0) is 42.5 Å². The summed E-state index contributed by atoms with van der Waals surface area (Å²) in [6, 6.07) is 8.52. The van der Waals surface area contributed by atoms with Gasteiger partial charge in [-0.1, -0.05) is 37.6 Å². The van der Waals surface area contributed by atoms with Crippen LogP contribution in [0.15, 0.2) is 42.7 Å². The zero-order chi connectivity index (χ0) is 22.3. The summed E-state index contributed by atoms with van der Waals surface area (Å²) in [5.41, 5.74) is 9.42. The van der Waals surface area contributed by atoms with Crippen molar-refractivity contribution in [3.8, 4) is 11.1 Å². The Morgan fingerprint density at radius 2 is 2.00 bits per heavy atom. The van der Waals surface area contributed by atoms with E-state index in [4.69, 9.17) is 17.3 Å². The maximum Gasteiger partial charge on any atom is 0.248 e. The van der Waals surface area contributed by atoms with Gasteiger partial charge in [0.1, 0.15) is 5.82 Å².